The summed E-state index contributed by atoms with van der Waals surface area (Å²) in [7, 11) is 0. The third-order valence-corrected chi connectivity index (χ3v) is 3.51. The van der Waals surface area contributed by atoms with Crippen molar-refractivity contribution >= 4 is 11.8 Å². The minimum absolute atomic E-state index is 0.230. The van der Waals surface area contributed by atoms with Gasteiger partial charge in [0, 0.05) is 12.6 Å². The average Bonchev–Trinajstić information content (AvgIpc) is 2.70. The fourth-order valence-corrected chi connectivity index (χ4v) is 2.65. The van der Waals surface area contributed by atoms with E-state index in [1.807, 2.05) is 0 Å². The predicted molar refractivity (Wildman–Crippen MR) is 56.6 cm³/mol. The molecule has 0 saturated carbocycles. The monoisotopic (exact) mass is 264 g/mol. The number of nitrogens with zero attached hydrogens (tertiary/aromatic N) is 2. The number of alkyl halides is 3. The summed E-state index contributed by atoms with van der Waals surface area (Å²) in [5.74, 6) is -0.588. The Hall–Kier alpha value is -1.27. The molecule has 0 spiro atoms. The summed E-state index contributed by atoms with van der Waals surface area (Å²) in [5.41, 5.74) is 0. The molecule has 0 radical (unpaired) electrons. The number of hydrogen-bond donors (Lipinski definition) is 0. The van der Waals surface area contributed by atoms with E-state index in [0.717, 1.165) is 11.3 Å². The van der Waals surface area contributed by atoms with Gasteiger partial charge in [-0.15, -0.1) is 0 Å². The molecule has 2 aliphatic heterocycles. The van der Waals surface area contributed by atoms with Gasteiger partial charge in [0.25, 0.3) is 0 Å². The lowest BCUT2D eigenvalue weighted by atomic mass is 10.1. The minimum Gasteiger partial charge on any atom is -0.329 e. The molecule has 0 aromatic carbocycles. The Bertz CT molecular complexity index is 370. The van der Waals surface area contributed by atoms with Gasteiger partial charge >= 0.3 is 6.18 Å². The lowest BCUT2D eigenvalue weighted by molar-refractivity contribution is -0.166. The smallest absolute Gasteiger partial charge is 0.329 e. The second kappa shape index (κ2) is 4.44. The van der Waals surface area contributed by atoms with E-state index in [1.54, 1.807) is 0 Å². The molecule has 0 aromatic heterocycles. The molecule has 2 aliphatic rings. The molecule has 0 bridgehead atoms. The molecule has 2 unspecified atom stereocenters. The summed E-state index contributed by atoms with van der Waals surface area (Å²) in [6.07, 6.45) is -4.10. The van der Waals surface area contributed by atoms with Gasteiger partial charge in [-0.05, 0) is 19.8 Å². The van der Waals surface area contributed by atoms with Crippen molar-refractivity contribution in [3.8, 4) is 0 Å². The summed E-state index contributed by atoms with van der Waals surface area (Å²) >= 11 is 0. The van der Waals surface area contributed by atoms with Gasteiger partial charge < -0.3 is 9.80 Å². The van der Waals surface area contributed by atoms with Gasteiger partial charge in [-0.25, -0.2) is 0 Å². The molecule has 18 heavy (non-hydrogen) atoms. The van der Waals surface area contributed by atoms with Crippen LogP contribution in [-0.4, -0.2) is 53.0 Å². The van der Waals surface area contributed by atoms with Crippen LogP contribution in [-0.2, 0) is 9.59 Å². The van der Waals surface area contributed by atoms with Gasteiger partial charge in [0.2, 0.25) is 11.8 Å². The summed E-state index contributed by atoms with van der Waals surface area (Å²) < 4.78 is 37.0. The highest BCUT2D eigenvalue weighted by molar-refractivity contribution is 5.95. The van der Waals surface area contributed by atoms with Gasteiger partial charge in [-0.2, -0.15) is 13.2 Å². The van der Waals surface area contributed by atoms with Crippen LogP contribution in [0.5, 0.6) is 0 Å². The second-order valence-electron chi connectivity index (χ2n) is 4.88. The third kappa shape index (κ3) is 2.44. The fourth-order valence-electron chi connectivity index (χ4n) is 2.65. The molecule has 2 saturated heterocycles. The van der Waals surface area contributed by atoms with Crippen LogP contribution in [0.1, 0.15) is 26.2 Å². The van der Waals surface area contributed by atoms with Crippen molar-refractivity contribution in [2.75, 3.05) is 13.1 Å². The molecule has 0 N–H and O–H groups in total. The van der Waals surface area contributed by atoms with E-state index in [0.29, 0.717) is 13.0 Å². The number of hydrogen-bond acceptors (Lipinski definition) is 2. The molecule has 2 amide bonds. The molecule has 2 fully saturated rings. The highest BCUT2D eigenvalue weighted by Gasteiger charge is 2.45. The van der Waals surface area contributed by atoms with Crippen LogP contribution >= 0.6 is 0 Å². The molecule has 2 heterocycles. The normalized spacial score (nSPS) is 26.6. The highest BCUT2D eigenvalue weighted by atomic mass is 19.4. The molecule has 7 heteroatoms. The fraction of sp³-hybridized carbons (Fsp3) is 0.818. The first kappa shape index (κ1) is 13.2. The Morgan fingerprint density at radius 3 is 2.67 bits per heavy atom. The average molecular weight is 264 g/mol. The van der Waals surface area contributed by atoms with Gasteiger partial charge in [-0.1, -0.05) is 0 Å². The van der Waals surface area contributed by atoms with Crippen molar-refractivity contribution in [2.24, 2.45) is 0 Å². The Balaban J connectivity index is 2.09. The first-order valence-corrected chi connectivity index (χ1v) is 5.96. The molecule has 2 atom stereocenters. The van der Waals surface area contributed by atoms with E-state index in [2.05, 4.69) is 0 Å². The lowest BCUT2D eigenvalue weighted by Gasteiger charge is -2.39. The van der Waals surface area contributed by atoms with Crippen molar-refractivity contribution in [2.45, 2.75) is 44.4 Å². The van der Waals surface area contributed by atoms with E-state index in [9.17, 15) is 22.8 Å². The maximum Gasteiger partial charge on any atom is 0.391 e. The van der Waals surface area contributed by atoms with Crippen LogP contribution in [0.2, 0.25) is 0 Å². The minimum atomic E-state index is -4.32. The zero-order valence-corrected chi connectivity index (χ0v) is 10.0. The van der Waals surface area contributed by atoms with Crippen molar-refractivity contribution in [3.63, 3.8) is 0 Å². The van der Waals surface area contributed by atoms with E-state index in [-0.39, 0.29) is 18.4 Å². The maximum absolute atomic E-state index is 12.3. The number of carbonyl (C=O) groups excluding carboxylic acids is 2. The van der Waals surface area contributed by atoms with Crippen molar-refractivity contribution in [1.29, 1.82) is 0 Å². The standard InChI is InChI=1S/C11H15F3N2O2/c1-7(5-11(12,13)14)16-6-9(17)15-4-2-3-8(15)10(16)18/h7-8H,2-6H2,1H3. The van der Waals surface area contributed by atoms with Crippen LogP contribution in [0, 0.1) is 0 Å². The molecule has 0 aliphatic carbocycles. The molecule has 102 valence electrons. The highest BCUT2D eigenvalue weighted by Crippen LogP contribution is 2.29. The SMILES string of the molecule is CC(CC(F)(F)F)N1CC(=O)N2CCCC2C1=O. The Kier molecular flexibility index (Phi) is 3.25. The number of piperazine rings is 1. The summed E-state index contributed by atoms with van der Waals surface area (Å²) in [6.45, 7) is 1.65. The molecule has 2 rings (SSSR count). The second-order valence-corrected chi connectivity index (χ2v) is 4.88. The van der Waals surface area contributed by atoms with Gasteiger partial charge in [0.15, 0.2) is 0 Å². The first-order valence-electron chi connectivity index (χ1n) is 5.96. The largest absolute Gasteiger partial charge is 0.391 e. The van der Waals surface area contributed by atoms with E-state index >= 15 is 0 Å². The Morgan fingerprint density at radius 1 is 1.39 bits per heavy atom. The lowest BCUT2D eigenvalue weighted by Crippen LogP contribution is -2.59. The number of carbonyl (C=O) groups is 2. The Labute approximate surface area is 103 Å². The van der Waals surface area contributed by atoms with Crippen molar-refractivity contribution in [3.05, 3.63) is 0 Å². The first-order chi connectivity index (χ1) is 8.29. The summed E-state index contributed by atoms with van der Waals surface area (Å²) in [6, 6.07) is -1.52. The van der Waals surface area contributed by atoms with Gasteiger partial charge in [0.1, 0.15) is 12.6 Å². The van der Waals surface area contributed by atoms with E-state index in [1.165, 1.54) is 11.8 Å². The van der Waals surface area contributed by atoms with E-state index < -0.39 is 24.7 Å². The number of amides is 2. The van der Waals surface area contributed by atoms with E-state index in [4.69, 9.17) is 0 Å². The number of rotatable bonds is 2. The summed E-state index contributed by atoms with van der Waals surface area (Å²) in [4.78, 5) is 26.4. The van der Waals surface area contributed by atoms with Crippen LogP contribution in [0.3, 0.4) is 0 Å². The third-order valence-electron chi connectivity index (χ3n) is 3.51. The van der Waals surface area contributed by atoms with Gasteiger partial charge in [-0.3, -0.25) is 9.59 Å². The van der Waals surface area contributed by atoms with Crippen LogP contribution in [0.4, 0.5) is 13.2 Å². The molecular weight excluding hydrogens is 249 g/mol. The van der Waals surface area contributed by atoms with Crippen molar-refractivity contribution in [1.82, 2.24) is 9.80 Å². The van der Waals surface area contributed by atoms with Gasteiger partial charge in [0.05, 0.1) is 6.42 Å². The van der Waals surface area contributed by atoms with Crippen LogP contribution in [0.15, 0.2) is 0 Å². The predicted octanol–water partition coefficient (Wildman–Crippen LogP) is 1.16. The van der Waals surface area contributed by atoms with Crippen molar-refractivity contribution < 1.29 is 22.8 Å². The topological polar surface area (TPSA) is 40.6 Å². The quantitative estimate of drug-likeness (QED) is 0.751. The zero-order valence-electron chi connectivity index (χ0n) is 10.0. The number of fused-ring (bicyclic) bond motifs is 1. The number of halogens is 3. The maximum atomic E-state index is 12.3. The van der Waals surface area contributed by atoms with Crippen LogP contribution in [0.25, 0.3) is 0 Å². The molecule has 0 aromatic rings. The zero-order chi connectivity index (χ0) is 13.5. The summed E-state index contributed by atoms with van der Waals surface area (Å²) in [5, 5.41) is 0. The van der Waals surface area contributed by atoms with Crippen LogP contribution < -0.4 is 0 Å². The molecule has 4 nitrogen and oxygen atoms in total. The molecular formula is C11H15F3N2O2. The Morgan fingerprint density at radius 2 is 2.06 bits per heavy atom.